The van der Waals surface area contributed by atoms with Gasteiger partial charge in [-0.1, -0.05) is 12.1 Å². The van der Waals surface area contributed by atoms with Gasteiger partial charge in [0.15, 0.2) is 11.5 Å². The molecule has 3 aromatic carbocycles. The van der Waals surface area contributed by atoms with E-state index in [2.05, 4.69) is 71.6 Å². The Hall–Kier alpha value is -1.86. The molecule has 0 unspecified atom stereocenters. The van der Waals surface area contributed by atoms with E-state index in [1.54, 1.807) is 32.4 Å². The second kappa shape index (κ2) is 11.8. The summed E-state index contributed by atoms with van der Waals surface area (Å²) in [5.74, 6) is 1.45. The van der Waals surface area contributed by atoms with Gasteiger partial charge in [-0.2, -0.15) is 5.10 Å². The summed E-state index contributed by atoms with van der Waals surface area (Å²) in [7, 11) is 3.14. The highest BCUT2D eigenvalue weighted by Crippen LogP contribution is 2.37. The third kappa shape index (κ3) is 6.58. The molecule has 9 heteroatoms. The number of carbonyl (C=O) groups is 1. The SMILES string of the molecule is COc1cc(C(=O)N/N=C\c2cc(Br)c(OCc3ccc(I)cc3)c(OC)c2)ccc1I. The third-order valence-electron chi connectivity index (χ3n) is 4.34. The Bertz CT molecular complexity index is 1140. The highest BCUT2D eigenvalue weighted by atomic mass is 127. The van der Waals surface area contributed by atoms with E-state index in [4.69, 9.17) is 14.2 Å². The van der Waals surface area contributed by atoms with Crippen molar-refractivity contribution in [3.63, 3.8) is 0 Å². The standard InChI is InChI=1S/C23H19BrI2N2O4/c1-30-20-11-16(5-8-19(20)26)23(29)28-27-12-15-9-18(24)22(21(10-15)31-2)32-13-14-3-6-17(25)7-4-14/h3-12H,13H2,1-2H3,(H,28,29)/b27-12-. The third-order valence-corrected chi connectivity index (χ3v) is 6.54. The zero-order valence-corrected chi connectivity index (χ0v) is 23.1. The van der Waals surface area contributed by atoms with E-state index < -0.39 is 0 Å². The van der Waals surface area contributed by atoms with Gasteiger partial charge in [-0.3, -0.25) is 4.79 Å². The Labute approximate surface area is 222 Å². The monoisotopic (exact) mass is 720 g/mol. The molecular formula is C23H19BrI2N2O4. The molecule has 0 saturated carbocycles. The molecule has 3 rings (SSSR count). The Morgan fingerprint density at radius 3 is 2.44 bits per heavy atom. The second-order valence-corrected chi connectivity index (χ2v) is 9.76. The van der Waals surface area contributed by atoms with Crippen molar-refractivity contribution in [2.75, 3.05) is 14.2 Å². The van der Waals surface area contributed by atoms with Crippen molar-refractivity contribution in [3.05, 3.63) is 82.9 Å². The van der Waals surface area contributed by atoms with Crippen molar-refractivity contribution in [1.82, 2.24) is 5.43 Å². The van der Waals surface area contributed by atoms with Gasteiger partial charge < -0.3 is 14.2 Å². The van der Waals surface area contributed by atoms with Crippen LogP contribution in [0.15, 0.2) is 64.2 Å². The lowest BCUT2D eigenvalue weighted by molar-refractivity contribution is 0.0954. The lowest BCUT2D eigenvalue weighted by Crippen LogP contribution is -2.17. The van der Waals surface area contributed by atoms with Crippen LogP contribution in [-0.4, -0.2) is 26.3 Å². The normalized spacial score (nSPS) is 10.8. The van der Waals surface area contributed by atoms with Gasteiger partial charge >= 0.3 is 0 Å². The summed E-state index contributed by atoms with van der Waals surface area (Å²) in [5.41, 5.74) is 4.77. The van der Waals surface area contributed by atoms with Crippen LogP contribution in [0.5, 0.6) is 17.2 Å². The Morgan fingerprint density at radius 1 is 1.03 bits per heavy atom. The fraction of sp³-hybridized carbons (Fsp3) is 0.130. The first kappa shape index (κ1) is 24.8. The molecule has 1 amide bonds. The highest BCUT2D eigenvalue weighted by Gasteiger charge is 2.12. The van der Waals surface area contributed by atoms with Crippen LogP contribution >= 0.6 is 61.1 Å². The molecule has 0 radical (unpaired) electrons. The number of hydrazone groups is 1. The molecule has 32 heavy (non-hydrogen) atoms. The summed E-state index contributed by atoms with van der Waals surface area (Å²) >= 11 is 7.95. The van der Waals surface area contributed by atoms with Crippen LogP contribution in [0.2, 0.25) is 0 Å². The summed E-state index contributed by atoms with van der Waals surface area (Å²) in [6.45, 7) is 0.412. The Balaban J connectivity index is 1.69. The van der Waals surface area contributed by atoms with Crippen molar-refractivity contribution in [2.24, 2.45) is 5.10 Å². The van der Waals surface area contributed by atoms with Crippen molar-refractivity contribution < 1.29 is 19.0 Å². The molecule has 0 spiro atoms. The fourth-order valence-electron chi connectivity index (χ4n) is 2.72. The maximum absolute atomic E-state index is 12.4. The lowest BCUT2D eigenvalue weighted by atomic mass is 10.2. The second-order valence-electron chi connectivity index (χ2n) is 6.50. The number of rotatable bonds is 8. The van der Waals surface area contributed by atoms with Gasteiger partial charge in [-0.15, -0.1) is 0 Å². The maximum atomic E-state index is 12.4. The number of hydrogen-bond acceptors (Lipinski definition) is 5. The molecule has 0 atom stereocenters. The average Bonchev–Trinajstić information content (AvgIpc) is 2.79. The van der Waals surface area contributed by atoms with Gasteiger partial charge in [0.2, 0.25) is 0 Å². The summed E-state index contributed by atoms with van der Waals surface area (Å²) < 4.78 is 19.5. The van der Waals surface area contributed by atoms with Crippen LogP contribution in [0, 0.1) is 7.14 Å². The largest absolute Gasteiger partial charge is 0.496 e. The number of nitrogens with one attached hydrogen (secondary N) is 1. The highest BCUT2D eigenvalue weighted by molar-refractivity contribution is 14.1. The molecule has 1 N–H and O–H groups in total. The zero-order chi connectivity index (χ0) is 23.1. The molecule has 0 bridgehead atoms. The van der Waals surface area contributed by atoms with Crippen LogP contribution in [0.3, 0.4) is 0 Å². The van der Waals surface area contributed by atoms with E-state index in [-0.39, 0.29) is 5.91 Å². The number of benzene rings is 3. The average molecular weight is 721 g/mol. The molecule has 0 aliphatic rings. The number of carbonyl (C=O) groups excluding carboxylic acids is 1. The van der Waals surface area contributed by atoms with Gasteiger partial charge in [0.1, 0.15) is 12.4 Å². The van der Waals surface area contributed by atoms with Gasteiger partial charge in [0.05, 0.1) is 28.5 Å². The fourth-order valence-corrected chi connectivity index (χ4v) is 4.21. The summed E-state index contributed by atoms with van der Waals surface area (Å²) in [6.07, 6.45) is 1.54. The van der Waals surface area contributed by atoms with Crippen molar-refractivity contribution in [1.29, 1.82) is 0 Å². The van der Waals surface area contributed by atoms with Crippen molar-refractivity contribution in [2.45, 2.75) is 6.61 Å². The maximum Gasteiger partial charge on any atom is 0.271 e. The number of halogens is 3. The zero-order valence-electron chi connectivity index (χ0n) is 17.2. The topological polar surface area (TPSA) is 69.2 Å². The predicted molar refractivity (Wildman–Crippen MR) is 145 cm³/mol. The molecule has 0 saturated heterocycles. The summed E-state index contributed by atoms with van der Waals surface area (Å²) in [4.78, 5) is 12.4. The van der Waals surface area contributed by atoms with Crippen LogP contribution in [0.1, 0.15) is 21.5 Å². The van der Waals surface area contributed by atoms with Crippen LogP contribution < -0.4 is 19.6 Å². The first-order valence-electron chi connectivity index (χ1n) is 9.33. The van der Waals surface area contributed by atoms with Gasteiger partial charge in [0, 0.05) is 9.13 Å². The van der Waals surface area contributed by atoms with Crippen molar-refractivity contribution in [3.8, 4) is 17.2 Å². The van der Waals surface area contributed by atoms with Gasteiger partial charge in [0.25, 0.3) is 5.91 Å². The van der Waals surface area contributed by atoms with Crippen LogP contribution in [0.25, 0.3) is 0 Å². The van der Waals surface area contributed by atoms with E-state index >= 15 is 0 Å². The molecule has 166 valence electrons. The quantitative estimate of drug-likeness (QED) is 0.176. The number of methoxy groups -OCH3 is 2. The number of hydrogen-bond donors (Lipinski definition) is 1. The minimum Gasteiger partial charge on any atom is -0.496 e. The first-order chi connectivity index (χ1) is 15.4. The van der Waals surface area contributed by atoms with Gasteiger partial charge in [-0.25, -0.2) is 5.43 Å². The van der Waals surface area contributed by atoms with Crippen LogP contribution in [0.4, 0.5) is 0 Å². The van der Waals surface area contributed by atoms with E-state index in [0.29, 0.717) is 29.4 Å². The molecule has 0 fully saturated rings. The number of ether oxygens (including phenoxy) is 3. The molecule has 0 heterocycles. The van der Waals surface area contributed by atoms with E-state index in [9.17, 15) is 4.79 Å². The lowest BCUT2D eigenvalue weighted by Gasteiger charge is -2.13. The van der Waals surface area contributed by atoms with Crippen LogP contribution in [-0.2, 0) is 6.61 Å². The summed E-state index contributed by atoms with van der Waals surface area (Å²) in [5, 5.41) is 4.06. The smallest absolute Gasteiger partial charge is 0.271 e. The van der Waals surface area contributed by atoms with Crippen molar-refractivity contribution >= 4 is 73.2 Å². The number of amides is 1. The molecular weight excluding hydrogens is 702 g/mol. The molecule has 3 aromatic rings. The first-order valence-corrected chi connectivity index (χ1v) is 12.3. The molecule has 0 aliphatic heterocycles. The molecule has 0 aromatic heterocycles. The Morgan fingerprint density at radius 2 is 1.75 bits per heavy atom. The number of nitrogens with zero attached hydrogens (tertiary/aromatic N) is 1. The molecule has 0 aliphatic carbocycles. The minimum atomic E-state index is -0.334. The minimum absolute atomic E-state index is 0.334. The van der Waals surface area contributed by atoms with Gasteiger partial charge in [-0.05, 0) is 115 Å². The predicted octanol–water partition coefficient (Wildman–Crippen LogP) is 6.02. The van der Waals surface area contributed by atoms with E-state index in [1.165, 1.54) is 9.78 Å². The summed E-state index contributed by atoms with van der Waals surface area (Å²) in [6, 6.07) is 16.9. The van der Waals surface area contributed by atoms with E-state index in [0.717, 1.165) is 19.2 Å². The Kier molecular flexibility index (Phi) is 9.17. The molecule has 6 nitrogen and oxygen atoms in total. The van der Waals surface area contributed by atoms with E-state index in [1.807, 2.05) is 36.4 Å².